The van der Waals surface area contributed by atoms with Gasteiger partial charge in [0, 0.05) is 6.54 Å². The summed E-state index contributed by atoms with van der Waals surface area (Å²) in [6.07, 6.45) is 3.80. The fourth-order valence-electron chi connectivity index (χ4n) is 1.81. The third-order valence-corrected chi connectivity index (χ3v) is 2.55. The molecule has 2 atom stereocenters. The van der Waals surface area contributed by atoms with Gasteiger partial charge in [0.15, 0.2) is 0 Å². The number of carbonyl (C=O) groups is 2. The minimum absolute atomic E-state index is 0.0432. The van der Waals surface area contributed by atoms with Crippen molar-refractivity contribution in [2.75, 3.05) is 6.54 Å². The third-order valence-electron chi connectivity index (χ3n) is 2.55. The van der Waals surface area contributed by atoms with E-state index in [0.717, 1.165) is 6.42 Å². The molecule has 0 aromatic rings. The highest BCUT2D eigenvalue weighted by Crippen LogP contribution is 2.24. The fourth-order valence-corrected chi connectivity index (χ4v) is 1.81. The van der Waals surface area contributed by atoms with Gasteiger partial charge in [0.1, 0.15) is 6.04 Å². The molecule has 1 saturated heterocycles. The number of carboxylic acid groups (broad SMARTS) is 1. The number of likely N-dealkylation sites (tertiary alicyclic amines) is 1. The molecule has 4 nitrogen and oxygen atoms in total. The number of nitrogens with zero attached hydrogens (tertiary/aromatic N) is 1. The predicted molar refractivity (Wildman–Crippen MR) is 51.7 cm³/mol. The molecular formula is C10H15NO3. The average molecular weight is 197 g/mol. The molecule has 0 saturated carbocycles. The van der Waals surface area contributed by atoms with Crippen LogP contribution in [0.15, 0.2) is 12.2 Å². The van der Waals surface area contributed by atoms with Gasteiger partial charge >= 0.3 is 5.97 Å². The Morgan fingerprint density at radius 2 is 2.14 bits per heavy atom. The summed E-state index contributed by atoms with van der Waals surface area (Å²) in [6.45, 7) is 4.15. The number of amides is 1. The van der Waals surface area contributed by atoms with E-state index < -0.39 is 12.0 Å². The van der Waals surface area contributed by atoms with E-state index in [2.05, 4.69) is 0 Å². The number of hydrogen-bond donors (Lipinski definition) is 1. The van der Waals surface area contributed by atoms with Gasteiger partial charge in [-0.05, 0) is 25.3 Å². The van der Waals surface area contributed by atoms with E-state index in [1.54, 1.807) is 13.0 Å². The van der Waals surface area contributed by atoms with Crippen molar-refractivity contribution in [2.24, 2.45) is 5.92 Å². The van der Waals surface area contributed by atoms with Gasteiger partial charge in [0.05, 0.1) is 0 Å². The summed E-state index contributed by atoms with van der Waals surface area (Å²) in [5.74, 6) is -1.07. The quantitative estimate of drug-likeness (QED) is 0.669. The molecule has 78 valence electrons. The molecule has 0 aliphatic carbocycles. The van der Waals surface area contributed by atoms with Crippen LogP contribution in [-0.2, 0) is 9.59 Å². The molecule has 1 fully saturated rings. The summed E-state index contributed by atoms with van der Waals surface area (Å²) in [5.41, 5.74) is 0. The zero-order valence-electron chi connectivity index (χ0n) is 8.43. The Bertz CT molecular complexity index is 273. The molecule has 0 radical (unpaired) electrons. The van der Waals surface area contributed by atoms with Gasteiger partial charge in [-0.1, -0.05) is 13.0 Å². The van der Waals surface area contributed by atoms with Crippen molar-refractivity contribution < 1.29 is 14.7 Å². The Morgan fingerprint density at radius 1 is 1.50 bits per heavy atom. The Labute approximate surface area is 83.2 Å². The number of hydrogen-bond acceptors (Lipinski definition) is 2. The maximum atomic E-state index is 11.5. The summed E-state index contributed by atoms with van der Waals surface area (Å²) in [5, 5.41) is 8.95. The summed E-state index contributed by atoms with van der Waals surface area (Å²) in [4.78, 5) is 23.8. The van der Waals surface area contributed by atoms with Crippen LogP contribution in [0.2, 0.25) is 0 Å². The van der Waals surface area contributed by atoms with Crippen molar-refractivity contribution in [2.45, 2.75) is 26.3 Å². The minimum Gasteiger partial charge on any atom is -0.480 e. The number of rotatable bonds is 2. The molecule has 1 aliphatic rings. The van der Waals surface area contributed by atoms with Gasteiger partial charge < -0.3 is 10.0 Å². The van der Waals surface area contributed by atoms with Crippen molar-refractivity contribution in [3.05, 3.63) is 12.2 Å². The van der Waals surface area contributed by atoms with E-state index in [9.17, 15) is 9.59 Å². The standard InChI is InChI=1S/C10H15NO3/c1-3-4-8(12)11-6-5-7(2)9(11)10(13)14/h3-4,7,9H,5-6H2,1-2H3,(H,13,14)/b4-3+. The van der Waals surface area contributed by atoms with Crippen LogP contribution in [-0.4, -0.2) is 34.5 Å². The first-order chi connectivity index (χ1) is 6.57. The minimum atomic E-state index is -0.909. The zero-order valence-corrected chi connectivity index (χ0v) is 8.43. The first-order valence-corrected chi connectivity index (χ1v) is 4.74. The number of carbonyl (C=O) groups excluding carboxylic acids is 1. The van der Waals surface area contributed by atoms with E-state index >= 15 is 0 Å². The molecule has 1 amide bonds. The SMILES string of the molecule is C/C=C/C(=O)N1CCC(C)C1C(=O)O. The van der Waals surface area contributed by atoms with Crippen LogP contribution >= 0.6 is 0 Å². The van der Waals surface area contributed by atoms with E-state index in [1.807, 2.05) is 6.92 Å². The van der Waals surface area contributed by atoms with Gasteiger partial charge in [-0.3, -0.25) is 4.79 Å². The van der Waals surface area contributed by atoms with Crippen molar-refractivity contribution in [1.29, 1.82) is 0 Å². The van der Waals surface area contributed by atoms with E-state index in [1.165, 1.54) is 11.0 Å². The van der Waals surface area contributed by atoms with Gasteiger partial charge in [0.25, 0.3) is 0 Å². The highest BCUT2D eigenvalue weighted by Gasteiger charge is 2.38. The predicted octanol–water partition coefficient (Wildman–Crippen LogP) is 0.884. The summed E-state index contributed by atoms with van der Waals surface area (Å²) in [7, 11) is 0. The lowest BCUT2D eigenvalue weighted by Crippen LogP contribution is -2.42. The topological polar surface area (TPSA) is 57.6 Å². The Kier molecular flexibility index (Phi) is 3.28. The maximum Gasteiger partial charge on any atom is 0.326 e. The summed E-state index contributed by atoms with van der Waals surface area (Å²) in [6, 6.07) is -0.654. The zero-order chi connectivity index (χ0) is 10.7. The summed E-state index contributed by atoms with van der Waals surface area (Å²) < 4.78 is 0. The van der Waals surface area contributed by atoms with Crippen LogP contribution in [0.5, 0.6) is 0 Å². The Hall–Kier alpha value is -1.32. The molecule has 1 heterocycles. The van der Waals surface area contributed by atoms with E-state index in [4.69, 9.17) is 5.11 Å². The van der Waals surface area contributed by atoms with Crippen LogP contribution in [0, 0.1) is 5.92 Å². The first-order valence-electron chi connectivity index (χ1n) is 4.74. The van der Waals surface area contributed by atoms with Gasteiger partial charge in [-0.2, -0.15) is 0 Å². The molecule has 2 unspecified atom stereocenters. The van der Waals surface area contributed by atoms with Crippen molar-refractivity contribution >= 4 is 11.9 Å². The largest absolute Gasteiger partial charge is 0.480 e. The number of aliphatic carboxylic acids is 1. The highest BCUT2D eigenvalue weighted by atomic mass is 16.4. The number of carboxylic acids is 1. The second-order valence-electron chi connectivity index (χ2n) is 3.58. The van der Waals surface area contributed by atoms with Gasteiger partial charge in [0.2, 0.25) is 5.91 Å². The van der Waals surface area contributed by atoms with Crippen molar-refractivity contribution in [3.8, 4) is 0 Å². The molecule has 0 aromatic carbocycles. The summed E-state index contributed by atoms with van der Waals surface area (Å²) >= 11 is 0. The third kappa shape index (κ3) is 1.95. The van der Waals surface area contributed by atoms with Gasteiger partial charge in [-0.25, -0.2) is 4.79 Å². The second-order valence-corrected chi connectivity index (χ2v) is 3.58. The molecular weight excluding hydrogens is 182 g/mol. The first kappa shape index (κ1) is 10.8. The number of allylic oxidation sites excluding steroid dienone is 1. The normalized spacial score (nSPS) is 27.1. The average Bonchev–Trinajstić information content (AvgIpc) is 2.47. The lowest BCUT2D eigenvalue weighted by Gasteiger charge is -2.21. The lowest BCUT2D eigenvalue weighted by molar-refractivity contribution is -0.147. The Balaban J connectivity index is 2.79. The molecule has 1 rings (SSSR count). The Morgan fingerprint density at radius 3 is 2.64 bits per heavy atom. The monoisotopic (exact) mass is 197 g/mol. The smallest absolute Gasteiger partial charge is 0.326 e. The van der Waals surface area contributed by atoms with Crippen LogP contribution in [0.1, 0.15) is 20.3 Å². The van der Waals surface area contributed by atoms with E-state index in [0.29, 0.717) is 6.54 Å². The molecule has 1 N–H and O–H groups in total. The van der Waals surface area contributed by atoms with Crippen molar-refractivity contribution in [3.63, 3.8) is 0 Å². The second kappa shape index (κ2) is 4.26. The molecule has 14 heavy (non-hydrogen) atoms. The fraction of sp³-hybridized carbons (Fsp3) is 0.600. The van der Waals surface area contributed by atoms with E-state index in [-0.39, 0.29) is 11.8 Å². The maximum absolute atomic E-state index is 11.5. The van der Waals surface area contributed by atoms with Crippen LogP contribution in [0.4, 0.5) is 0 Å². The molecule has 1 aliphatic heterocycles. The lowest BCUT2D eigenvalue weighted by atomic mass is 10.0. The molecule has 0 bridgehead atoms. The van der Waals surface area contributed by atoms with Crippen LogP contribution < -0.4 is 0 Å². The van der Waals surface area contributed by atoms with Gasteiger partial charge in [-0.15, -0.1) is 0 Å². The molecule has 4 heteroatoms. The van der Waals surface area contributed by atoms with Crippen molar-refractivity contribution in [1.82, 2.24) is 4.90 Å². The van der Waals surface area contributed by atoms with Crippen LogP contribution in [0.3, 0.4) is 0 Å². The molecule has 0 aromatic heterocycles. The highest BCUT2D eigenvalue weighted by molar-refractivity contribution is 5.91. The van der Waals surface area contributed by atoms with Crippen LogP contribution in [0.25, 0.3) is 0 Å². The molecule has 0 spiro atoms.